The van der Waals surface area contributed by atoms with Crippen LogP contribution in [0.5, 0.6) is 17.2 Å². The van der Waals surface area contributed by atoms with E-state index in [-0.39, 0.29) is 128 Å². The number of guanidine groups is 9. The molecule has 51 heteroatoms. The van der Waals surface area contributed by atoms with E-state index in [0.29, 0.717) is 81.7 Å². The van der Waals surface area contributed by atoms with E-state index in [2.05, 4.69) is 101 Å². The average molecular weight is 1580 g/mol. The molecule has 0 aliphatic rings. The minimum absolute atomic E-state index is 0. The number of nitriles is 5. The molecule has 0 bridgehead atoms. The monoisotopic (exact) mass is 1580 g/mol. The van der Waals surface area contributed by atoms with Gasteiger partial charge in [0.15, 0.2) is 6.19 Å². The van der Waals surface area contributed by atoms with E-state index in [9.17, 15) is 39.5 Å². The number of aryl methyl sites for hydroxylation is 1. The first-order chi connectivity index (χ1) is 50.6. The van der Waals surface area contributed by atoms with Crippen molar-refractivity contribution in [2.45, 2.75) is 26.0 Å². The van der Waals surface area contributed by atoms with E-state index >= 15 is 0 Å². The molecule has 590 valence electrons. The number of rotatable bonds is 28. The van der Waals surface area contributed by atoms with Crippen LogP contribution >= 0.6 is 12.4 Å². The smallest absolute Gasteiger partial charge is 0.406 e. The Balaban J connectivity index is -0.00000169. The number of alkyl halides is 9. The molecular weight excluding hydrogens is 1490 g/mol. The molecule has 4 aromatic carbocycles. The number of ether oxygens (including phenoxy) is 3. The Morgan fingerprint density at radius 2 is 0.835 bits per heavy atom. The van der Waals surface area contributed by atoms with Crippen LogP contribution in [0.2, 0.25) is 0 Å². The van der Waals surface area contributed by atoms with Gasteiger partial charge in [0.2, 0.25) is 66.0 Å². The Kier molecular flexibility index (Phi) is 53.7. The Bertz CT molecular complexity index is 3580. The Morgan fingerprint density at radius 1 is 0.468 bits per heavy atom. The van der Waals surface area contributed by atoms with E-state index in [0.717, 1.165) is 61.6 Å². The van der Waals surface area contributed by atoms with Crippen molar-refractivity contribution in [3.63, 3.8) is 0 Å². The molecule has 4 aromatic rings. The van der Waals surface area contributed by atoms with Gasteiger partial charge in [-0.15, -0.1) is 61.9 Å². The molecule has 0 aliphatic heterocycles. The molecular formula is C58H84ClF9N37NaO3. The van der Waals surface area contributed by atoms with Crippen LogP contribution in [0.25, 0.3) is 5.32 Å². The molecule has 0 atom stereocenters. The second-order valence-corrected chi connectivity index (χ2v) is 19.8. The maximum absolute atomic E-state index is 12.4. The summed E-state index contributed by atoms with van der Waals surface area (Å²) in [6, 6.07) is 21.6. The van der Waals surface area contributed by atoms with Crippen molar-refractivity contribution < 1.29 is 83.3 Å². The molecule has 0 spiro atoms. The summed E-state index contributed by atoms with van der Waals surface area (Å²) in [5.74, 6) is -2.17. The summed E-state index contributed by atoms with van der Waals surface area (Å²) >= 11 is 0. The van der Waals surface area contributed by atoms with Crippen LogP contribution in [0.3, 0.4) is 0 Å². The third-order valence-corrected chi connectivity index (χ3v) is 11.5. The largest absolute Gasteiger partial charge is 1.00 e. The van der Waals surface area contributed by atoms with Crippen molar-refractivity contribution in [1.82, 2.24) is 36.2 Å². The van der Waals surface area contributed by atoms with E-state index in [1.807, 2.05) is 24.0 Å². The van der Waals surface area contributed by atoms with Crippen molar-refractivity contribution in [3.05, 3.63) is 108 Å². The molecule has 0 unspecified atom stereocenters. The predicted molar refractivity (Wildman–Crippen MR) is 394 cm³/mol. The van der Waals surface area contributed by atoms with Crippen LogP contribution in [0, 0.1) is 64.2 Å². The minimum Gasteiger partial charge on any atom is -0.406 e. The first-order valence-electron chi connectivity index (χ1n) is 30.4. The molecule has 0 aromatic heterocycles. The molecule has 0 aliphatic carbocycles. The second kappa shape index (κ2) is 58.0. The van der Waals surface area contributed by atoms with Crippen molar-refractivity contribution in [3.8, 4) is 48.2 Å². The van der Waals surface area contributed by atoms with Crippen LogP contribution in [-0.4, -0.2) is 192 Å². The van der Waals surface area contributed by atoms with Gasteiger partial charge in [-0.05, 0) is 91.9 Å². The topological polar surface area (TPSA) is 692 Å². The summed E-state index contributed by atoms with van der Waals surface area (Å²) in [6.45, 7) is 9.92. The van der Waals surface area contributed by atoms with Crippen LogP contribution in [0.4, 0.5) is 62.3 Å². The second-order valence-electron chi connectivity index (χ2n) is 19.8. The molecule has 0 saturated heterocycles. The summed E-state index contributed by atoms with van der Waals surface area (Å²) < 4.78 is 120. The number of aliphatic imine (C=N–C) groups is 9. The van der Waals surface area contributed by atoms with Crippen molar-refractivity contribution >= 4 is 88.8 Å². The number of nitrogens with one attached hydrogen (secondary N) is 6. The van der Waals surface area contributed by atoms with Gasteiger partial charge in [-0.25, -0.2) is 10.0 Å². The third kappa shape index (κ3) is 57.7. The van der Waals surface area contributed by atoms with Gasteiger partial charge in [-0.1, -0.05) is 17.7 Å². The Morgan fingerprint density at radius 3 is 1.18 bits per heavy atom. The maximum atomic E-state index is 12.4. The predicted octanol–water partition coefficient (Wildman–Crippen LogP) is -3.13. The minimum atomic E-state index is -4.84. The van der Waals surface area contributed by atoms with Gasteiger partial charge in [-0.3, -0.25) is 40.8 Å². The van der Waals surface area contributed by atoms with Gasteiger partial charge in [0.25, 0.3) is 0 Å². The maximum Gasteiger partial charge on any atom is 1.00 e. The quantitative estimate of drug-likeness (QED) is 0.00391. The zero-order valence-electron chi connectivity index (χ0n) is 58.6. The molecule has 0 saturated carbocycles. The van der Waals surface area contributed by atoms with E-state index in [1.165, 1.54) is 53.8 Å². The number of nitrogens with zero attached hydrogens (tertiary/aromatic N) is 18. The number of halogens is 10. The molecule has 0 fully saturated rings. The van der Waals surface area contributed by atoms with Crippen LogP contribution in [-0.2, 0) is 0 Å². The number of hydrogen-bond acceptors (Lipinski definition) is 21. The van der Waals surface area contributed by atoms with Crippen LogP contribution in [0.15, 0.2) is 142 Å². The summed E-state index contributed by atoms with van der Waals surface area (Å²) in [5.41, 5.74) is 78.6. The van der Waals surface area contributed by atoms with E-state index < -0.39 is 30.6 Å². The number of benzene rings is 4. The SMILES string of the molecule is Cc1ccc(N=C(N)N=C(N)NN(CCN=C(N)N=C(N)Nc2ccc(OC(F)(F)F)cc2)CCN=C(N)N=C(N)Nc2ccc(OC(F)(F)F)cc2)cc1.Cl.N#CN=C(N)NCCN(CCN=C(N)NC#N)CCNC(N)=NC#N.N#C[N-]C#N.NCCN(CCN)CCN.Nc1ccc(OC(F)(F)F)cc1.[Na+]. The number of nitrogen functional groups attached to an aromatic ring is 1. The third-order valence-electron chi connectivity index (χ3n) is 11.5. The van der Waals surface area contributed by atoms with E-state index in [4.69, 9.17) is 101 Å². The van der Waals surface area contributed by atoms with Crippen molar-refractivity contribution in [1.29, 1.82) is 26.3 Å². The zero-order chi connectivity index (χ0) is 80.6. The number of anilines is 3. The summed E-state index contributed by atoms with van der Waals surface area (Å²) in [4.78, 5) is 39.2. The molecule has 0 radical (unpaired) electrons. The number of hydrazine groups is 1. The normalized spacial score (nSPS) is 12.1. The van der Waals surface area contributed by atoms with Gasteiger partial charge in [0.1, 0.15) is 17.2 Å². The fourth-order valence-corrected chi connectivity index (χ4v) is 7.22. The molecule has 0 amide bonds. The summed E-state index contributed by atoms with van der Waals surface area (Å²) in [6.07, 6.45) is -6.91. The van der Waals surface area contributed by atoms with Crippen LogP contribution in [0.1, 0.15) is 5.56 Å². The van der Waals surface area contributed by atoms with Crippen molar-refractivity contribution in [2.24, 2.45) is 114 Å². The Hall–Kier alpha value is -12.2. The fraction of sp³-hybridized carbons (Fsp3) is 0.345. The number of nitrogens with two attached hydrogens (primary N) is 13. The van der Waals surface area contributed by atoms with Gasteiger partial charge >= 0.3 is 48.6 Å². The first kappa shape index (κ1) is 101. The first-order valence-corrected chi connectivity index (χ1v) is 30.4. The Labute approximate surface area is 648 Å². The molecule has 40 nitrogen and oxygen atoms in total. The molecule has 109 heavy (non-hydrogen) atoms. The van der Waals surface area contributed by atoms with Gasteiger partial charge < -0.3 is 121 Å². The van der Waals surface area contributed by atoms with Crippen LogP contribution < -0.4 is 150 Å². The van der Waals surface area contributed by atoms with Gasteiger partial charge in [-0.2, -0.15) is 30.8 Å². The van der Waals surface area contributed by atoms with Gasteiger partial charge in [0, 0.05) is 115 Å². The standard InChI is InChI=1S/C31H38F6N16O2.C12H21N13.C7H6F3NO.C6H18N4.C2N3.ClH.Na/c1-18-2-4-19(5-3-18)46-28(42)51-29(43)52-53(16-14-44-24(38)49-26(40)47-20-6-10-22(11-7-20)54-30(32,33)34)17-15-45-25(39)50-27(41)48-21-8-12-23(13-9-21)55-31(35,36)37;13-7-22-10(16)19-1-4-25(5-2-20-11(17)23-8-14)6-3-21-12(18)24-9-15;8-7(9,10)12-6-3-1-5(11)2-4-6;7-1-4-10(5-2-8)6-3-9;3-1-5-2-4;;/h2-13H,14-17H2,1H3,(H5,38,40,44,47,49)(H5,39,41,45,48,50)(H5,42,43,46,51,52);1-6H2,(H3,16,19,22)(H3,17,20,23)(H3,18,21,24);1-4H,11H2;1-9H2;;1H;/q;;;;-1;;+1. The fourth-order valence-electron chi connectivity index (χ4n) is 7.22. The van der Waals surface area contributed by atoms with E-state index in [1.54, 1.807) is 30.7 Å². The number of hydrogen-bond donors (Lipinski definition) is 19. The summed E-state index contributed by atoms with van der Waals surface area (Å²) in [7, 11) is 0. The zero-order valence-corrected chi connectivity index (χ0v) is 61.5. The van der Waals surface area contributed by atoms with Crippen molar-refractivity contribution in [2.75, 3.05) is 121 Å². The molecule has 32 N–H and O–H groups in total. The molecule has 0 heterocycles. The van der Waals surface area contributed by atoms with Gasteiger partial charge in [0.05, 0.1) is 25.3 Å². The summed E-state index contributed by atoms with van der Waals surface area (Å²) in [5, 5.41) is 57.3. The average Bonchev–Trinajstić information content (AvgIpc) is 0.868. The molecule has 4 rings (SSSR count).